The number of likely N-dealkylation sites (N-methyl/N-ethyl adjacent to an activating group) is 1. The fourth-order valence-electron chi connectivity index (χ4n) is 4.43. The zero-order chi connectivity index (χ0) is 25.5. The second-order valence-corrected chi connectivity index (χ2v) is 11.6. The number of allylic oxidation sites excluding steroid dienone is 1. The van der Waals surface area contributed by atoms with Crippen molar-refractivity contribution in [3.05, 3.63) is 35.9 Å². The highest BCUT2D eigenvalue weighted by molar-refractivity contribution is 7.89. The van der Waals surface area contributed by atoms with Crippen molar-refractivity contribution in [2.24, 2.45) is 23.7 Å². The van der Waals surface area contributed by atoms with Gasteiger partial charge in [0.2, 0.25) is 21.8 Å². The molecule has 0 aromatic heterocycles. The molecular weight excluding hydrogens is 452 g/mol. The van der Waals surface area contributed by atoms with Gasteiger partial charge in [-0.2, -0.15) is 0 Å². The van der Waals surface area contributed by atoms with Crippen LogP contribution in [0.4, 0.5) is 5.69 Å². The summed E-state index contributed by atoms with van der Waals surface area (Å²) in [6, 6.07) is 6.12. The van der Waals surface area contributed by atoms with Crippen LogP contribution in [-0.2, 0) is 19.6 Å². The number of benzene rings is 1. The Bertz CT molecular complexity index is 971. The van der Waals surface area contributed by atoms with Crippen LogP contribution in [0, 0.1) is 23.7 Å². The number of nitrogens with zero attached hydrogens (tertiary/aromatic N) is 1. The van der Waals surface area contributed by atoms with Gasteiger partial charge in [0.05, 0.1) is 4.90 Å². The van der Waals surface area contributed by atoms with Gasteiger partial charge in [-0.3, -0.25) is 9.59 Å². The molecule has 0 saturated heterocycles. The molecule has 0 fully saturated rings. The van der Waals surface area contributed by atoms with Crippen molar-refractivity contribution in [3.8, 4) is 0 Å². The molecule has 190 valence electrons. The van der Waals surface area contributed by atoms with Crippen LogP contribution in [0.3, 0.4) is 0 Å². The topological polar surface area (TPSA) is 108 Å². The Balaban J connectivity index is 2.03. The Morgan fingerprint density at radius 3 is 2.35 bits per heavy atom. The quantitative estimate of drug-likeness (QED) is 0.412. The van der Waals surface area contributed by atoms with Crippen LogP contribution in [-0.4, -0.2) is 58.9 Å². The molecule has 3 N–H and O–H groups in total. The normalized spacial score (nSPS) is 20.8. The van der Waals surface area contributed by atoms with Crippen molar-refractivity contribution < 1.29 is 18.0 Å². The van der Waals surface area contributed by atoms with E-state index in [1.807, 2.05) is 25.9 Å². The molecule has 1 aromatic rings. The minimum Gasteiger partial charge on any atom is -0.355 e. The molecule has 0 aliphatic heterocycles. The first-order chi connectivity index (χ1) is 15.9. The van der Waals surface area contributed by atoms with E-state index in [1.54, 1.807) is 12.1 Å². The Morgan fingerprint density at radius 2 is 1.79 bits per heavy atom. The van der Waals surface area contributed by atoms with Crippen molar-refractivity contribution in [2.45, 2.75) is 45.4 Å². The summed E-state index contributed by atoms with van der Waals surface area (Å²) in [5.74, 6) is 0.701. The van der Waals surface area contributed by atoms with E-state index in [4.69, 9.17) is 0 Å². The number of carbonyl (C=O) groups excluding carboxylic acids is 2. The molecule has 2 rings (SSSR count). The van der Waals surface area contributed by atoms with Crippen molar-refractivity contribution in [1.29, 1.82) is 0 Å². The molecule has 0 heterocycles. The third kappa shape index (κ3) is 8.52. The number of amides is 2. The summed E-state index contributed by atoms with van der Waals surface area (Å²) in [5, 5.41) is 5.62. The van der Waals surface area contributed by atoms with Crippen molar-refractivity contribution in [3.63, 3.8) is 0 Å². The summed E-state index contributed by atoms with van der Waals surface area (Å²) in [7, 11) is 0.268. The minimum absolute atomic E-state index is 0.0569. The zero-order valence-electron chi connectivity index (χ0n) is 21.2. The fraction of sp³-hybridized carbons (Fsp3) is 0.600. The summed E-state index contributed by atoms with van der Waals surface area (Å²) in [4.78, 5) is 25.8. The highest BCUT2D eigenvalue weighted by Gasteiger charge is 2.33. The Kier molecular flexibility index (Phi) is 10.3. The first-order valence-electron chi connectivity index (χ1n) is 11.9. The molecule has 0 bridgehead atoms. The van der Waals surface area contributed by atoms with Gasteiger partial charge in [0.25, 0.3) is 0 Å². The second-order valence-electron chi connectivity index (χ2n) is 9.83. The largest absolute Gasteiger partial charge is 0.355 e. The van der Waals surface area contributed by atoms with Gasteiger partial charge >= 0.3 is 0 Å². The van der Waals surface area contributed by atoms with E-state index >= 15 is 0 Å². The first-order valence-corrected chi connectivity index (χ1v) is 13.3. The van der Waals surface area contributed by atoms with Gasteiger partial charge in [-0.05, 0) is 75.4 Å². The summed E-state index contributed by atoms with van der Waals surface area (Å²) in [6.45, 7) is 9.47. The number of hydrogen-bond donors (Lipinski definition) is 3. The number of anilines is 1. The molecule has 0 radical (unpaired) electrons. The summed E-state index contributed by atoms with van der Waals surface area (Å²) < 4.78 is 28.5. The van der Waals surface area contributed by atoms with Gasteiger partial charge < -0.3 is 15.5 Å². The van der Waals surface area contributed by atoms with E-state index < -0.39 is 10.0 Å². The van der Waals surface area contributed by atoms with Crippen LogP contribution in [0.5, 0.6) is 0 Å². The third-order valence-electron chi connectivity index (χ3n) is 6.39. The lowest BCUT2D eigenvalue weighted by atomic mass is 9.70. The molecule has 34 heavy (non-hydrogen) atoms. The monoisotopic (exact) mass is 492 g/mol. The second kappa shape index (κ2) is 12.5. The number of nitrogens with one attached hydrogen (secondary N) is 3. The fourth-order valence-corrected chi connectivity index (χ4v) is 5.51. The zero-order valence-corrected chi connectivity index (χ0v) is 22.0. The molecular formula is C25H40N4O4S. The maximum Gasteiger partial charge on any atom is 0.240 e. The third-order valence-corrected chi connectivity index (χ3v) is 7.83. The molecule has 3 atom stereocenters. The molecule has 1 aromatic carbocycles. The summed E-state index contributed by atoms with van der Waals surface area (Å²) >= 11 is 0. The van der Waals surface area contributed by atoms with Crippen molar-refractivity contribution >= 4 is 27.5 Å². The molecule has 3 unspecified atom stereocenters. The summed E-state index contributed by atoms with van der Waals surface area (Å²) in [6.07, 6.45) is 3.46. The highest BCUT2D eigenvalue weighted by Crippen LogP contribution is 2.38. The van der Waals surface area contributed by atoms with E-state index in [2.05, 4.69) is 35.3 Å². The van der Waals surface area contributed by atoms with Gasteiger partial charge in [0.1, 0.15) is 0 Å². The molecule has 0 saturated carbocycles. The van der Waals surface area contributed by atoms with E-state index in [9.17, 15) is 18.0 Å². The van der Waals surface area contributed by atoms with Crippen LogP contribution in [0.1, 0.15) is 40.5 Å². The van der Waals surface area contributed by atoms with E-state index in [0.29, 0.717) is 31.1 Å². The molecule has 0 spiro atoms. The van der Waals surface area contributed by atoms with Crippen LogP contribution in [0.2, 0.25) is 0 Å². The Morgan fingerprint density at radius 1 is 1.15 bits per heavy atom. The van der Waals surface area contributed by atoms with Gasteiger partial charge in [-0.25, -0.2) is 13.1 Å². The lowest BCUT2D eigenvalue weighted by Crippen LogP contribution is -2.38. The number of rotatable bonds is 11. The highest BCUT2D eigenvalue weighted by atomic mass is 32.2. The van der Waals surface area contributed by atoms with Crippen LogP contribution < -0.4 is 15.4 Å². The van der Waals surface area contributed by atoms with E-state index in [0.717, 1.165) is 18.5 Å². The predicted molar refractivity (Wildman–Crippen MR) is 136 cm³/mol. The lowest BCUT2D eigenvalue weighted by molar-refractivity contribution is -0.122. The van der Waals surface area contributed by atoms with Crippen LogP contribution >= 0.6 is 0 Å². The van der Waals surface area contributed by atoms with Gasteiger partial charge in [-0.1, -0.05) is 25.5 Å². The smallest absolute Gasteiger partial charge is 0.240 e. The van der Waals surface area contributed by atoms with Crippen LogP contribution in [0.15, 0.2) is 40.8 Å². The predicted octanol–water partition coefficient (Wildman–Crippen LogP) is 2.85. The average molecular weight is 493 g/mol. The van der Waals surface area contributed by atoms with Gasteiger partial charge in [0, 0.05) is 38.7 Å². The molecule has 2 amide bonds. The average Bonchev–Trinajstić information content (AvgIpc) is 2.73. The molecule has 9 heteroatoms. The van der Waals surface area contributed by atoms with Crippen molar-refractivity contribution in [2.75, 3.05) is 39.0 Å². The first kappa shape index (κ1) is 28.0. The maximum absolute atomic E-state index is 12.8. The Hall–Kier alpha value is -2.23. The molecule has 8 nitrogen and oxygen atoms in total. The number of hydrogen-bond acceptors (Lipinski definition) is 5. The van der Waals surface area contributed by atoms with Crippen molar-refractivity contribution in [1.82, 2.24) is 14.9 Å². The van der Waals surface area contributed by atoms with E-state index in [-0.39, 0.29) is 34.5 Å². The standard InChI is InChI=1S/C25H40N4O4S/c1-17(2)24-14-20(15-25(31)26-11-12-29(5)6)18(3)13-21(24)16-27-34(32,33)23-9-7-22(8-10-23)28-19(4)30/h7-10,13,17,20-21,24,27H,11-12,14-16H2,1-6H3,(H,26,31)(H,28,30). The maximum atomic E-state index is 12.8. The number of sulfonamides is 1. The van der Waals surface area contributed by atoms with Crippen LogP contribution in [0.25, 0.3) is 0 Å². The lowest BCUT2D eigenvalue weighted by Gasteiger charge is -2.37. The molecule has 1 aliphatic carbocycles. The number of carbonyl (C=O) groups is 2. The van der Waals surface area contributed by atoms with Gasteiger partial charge in [-0.15, -0.1) is 0 Å². The van der Waals surface area contributed by atoms with Gasteiger partial charge in [0.15, 0.2) is 0 Å². The summed E-state index contributed by atoms with van der Waals surface area (Å²) in [5.41, 5.74) is 1.69. The minimum atomic E-state index is -3.68. The molecule has 1 aliphatic rings. The van der Waals surface area contributed by atoms with E-state index in [1.165, 1.54) is 19.1 Å². The SMILES string of the molecule is CC(=O)Nc1ccc(S(=O)(=O)NCC2C=C(C)C(CC(=O)NCCN(C)C)CC2C(C)C)cc1. The Labute approximate surface area is 204 Å².